The SMILES string of the molecule is CN(C)CC1(O)CCNCC1.Cl.Cl. The van der Waals surface area contributed by atoms with Gasteiger partial charge in [-0.1, -0.05) is 0 Å². The first-order valence-electron chi connectivity index (χ1n) is 4.20. The highest BCUT2D eigenvalue weighted by Gasteiger charge is 2.29. The van der Waals surface area contributed by atoms with Crippen LogP contribution >= 0.6 is 24.8 Å². The van der Waals surface area contributed by atoms with Crippen molar-refractivity contribution in [2.75, 3.05) is 33.7 Å². The highest BCUT2D eigenvalue weighted by atomic mass is 35.5. The normalized spacial score (nSPS) is 20.3. The van der Waals surface area contributed by atoms with Gasteiger partial charge in [-0.15, -0.1) is 24.8 Å². The Morgan fingerprint density at radius 3 is 2.08 bits per heavy atom. The third-order valence-corrected chi connectivity index (χ3v) is 2.14. The summed E-state index contributed by atoms with van der Waals surface area (Å²) in [6, 6.07) is 0. The summed E-state index contributed by atoms with van der Waals surface area (Å²) in [7, 11) is 4.00. The maximum atomic E-state index is 9.96. The smallest absolute Gasteiger partial charge is 0.0798 e. The molecule has 1 rings (SSSR count). The first kappa shape index (κ1) is 15.9. The van der Waals surface area contributed by atoms with E-state index in [9.17, 15) is 5.11 Å². The van der Waals surface area contributed by atoms with Crippen LogP contribution in [-0.2, 0) is 0 Å². The first-order valence-corrected chi connectivity index (χ1v) is 4.20. The van der Waals surface area contributed by atoms with Gasteiger partial charge in [-0.25, -0.2) is 0 Å². The van der Waals surface area contributed by atoms with Crippen LogP contribution < -0.4 is 5.32 Å². The van der Waals surface area contributed by atoms with E-state index in [1.54, 1.807) is 0 Å². The van der Waals surface area contributed by atoms with Gasteiger partial charge in [-0.3, -0.25) is 0 Å². The second-order valence-electron chi connectivity index (χ2n) is 3.71. The predicted octanol–water partition coefficient (Wildman–Crippen LogP) is 0.506. The Balaban J connectivity index is 0. The summed E-state index contributed by atoms with van der Waals surface area (Å²) in [5, 5.41) is 13.2. The molecule has 0 radical (unpaired) electrons. The number of likely N-dealkylation sites (N-methyl/N-ethyl adjacent to an activating group) is 1. The molecule has 1 fully saturated rings. The molecular formula is C8H20Cl2N2O. The van der Waals surface area contributed by atoms with Crippen LogP contribution in [0.15, 0.2) is 0 Å². The summed E-state index contributed by atoms with van der Waals surface area (Å²) >= 11 is 0. The van der Waals surface area contributed by atoms with Crippen molar-refractivity contribution in [3.63, 3.8) is 0 Å². The average Bonchev–Trinajstić information content (AvgIpc) is 1.85. The van der Waals surface area contributed by atoms with E-state index in [2.05, 4.69) is 5.32 Å². The summed E-state index contributed by atoms with van der Waals surface area (Å²) in [5.41, 5.74) is -0.436. The van der Waals surface area contributed by atoms with Gasteiger partial charge in [-0.2, -0.15) is 0 Å². The number of nitrogens with one attached hydrogen (secondary N) is 1. The molecule has 0 bridgehead atoms. The Labute approximate surface area is 92.7 Å². The minimum absolute atomic E-state index is 0. The average molecular weight is 231 g/mol. The lowest BCUT2D eigenvalue weighted by molar-refractivity contribution is -0.0103. The zero-order valence-electron chi connectivity index (χ0n) is 8.25. The van der Waals surface area contributed by atoms with Gasteiger partial charge in [0, 0.05) is 6.54 Å². The van der Waals surface area contributed by atoms with E-state index in [-0.39, 0.29) is 24.8 Å². The Hall–Kier alpha value is 0.460. The van der Waals surface area contributed by atoms with Crippen molar-refractivity contribution in [3.8, 4) is 0 Å². The Kier molecular flexibility index (Phi) is 8.38. The molecule has 0 atom stereocenters. The molecule has 0 aromatic carbocycles. The van der Waals surface area contributed by atoms with E-state index < -0.39 is 5.60 Å². The number of nitrogens with zero attached hydrogens (tertiary/aromatic N) is 1. The van der Waals surface area contributed by atoms with E-state index >= 15 is 0 Å². The van der Waals surface area contributed by atoms with Crippen molar-refractivity contribution >= 4 is 24.8 Å². The van der Waals surface area contributed by atoms with Crippen molar-refractivity contribution in [1.29, 1.82) is 0 Å². The van der Waals surface area contributed by atoms with Crippen molar-refractivity contribution < 1.29 is 5.11 Å². The van der Waals surface area contributed by atoms with Gasteiger partial charge in [0.1, 0.15) is 0 Å². The molecule has 0 aliphatic carbocycles. The van der Waals surface area contributed by atoms with E-state index in [1.807, 2.05) is 19.0 Å². The number of piperidine rings is 1. The summed E-state index contributed by atoms with van der Waals surface area (Å²) in [6.07, 6.45) is 1.76. The second kappa shape index (κ2) is 6.85. The van der Waals surface area contributed by atoms with Crippen LogP contribution in [0.5, 0.6) is 0 Å². The van der Waals surface area contributed by atoms with Crippen molar-refractivity contribution in [3.05, 3.63) is 0 Å². The van der Waals surface area contributed by atoms with Crippen LogP contribution in [0, 0.1) is 0 Å². The molecule has 1 saturated heterocycles. The van der Waals surface area contributed by atoms with Gasteiger partial charge in [0.15, 0.2) is 0 Å². The lowest BCUT2D eigenvalue weighted by atomic mass is 9.92. The second-order valence-corrected chi connectivity index (χ2v) is 3.71. The zero-order chi connectivity index (χ0) is 8.32. The van der Waals surface area contributed by atoms with E-state index in [4.69, 9.17) is 0 Å². The van der Waals surface area contributed by atoms with Crippen LogP contribution in [-0.4, -0.2) is 49.3 Å². The fourth-order valence-electron chi connectivity index (χ4n) is 1.64. The lowest BCUT2D eigenvalue weighted by Gasteiger charge is -2.34. The van der Waals surface area contributed by atoms with Crippen LogP contribution in [0.2, 0.25) is 0 Å². The molecule has 2 N–H and O–H groups in total. The van der Waals surface area contributed by atoms with Crippen molar-refractivity contribution in [1.82, 2.24) is 10.2 Å². The monoisotopic (exact) mass is 230 g/mol. The maximum absolute atomic E-state index is 9.96. The van der Waals surface area contributed by atoms with Gasteiger partial charge < -0.3 is 15.3 Å². The van der Waals surface area contributed by atoms with Crippen LogP contribution in [0.3, 0.4) is 0 Å². The van der Waals surface area contributed by atoms with Crippen LogP contribution in [0.1, 0.15) is 12.8 Å². The molecule has 0 aromatic heterocycles. The quantitative estimate of drug-likeness (QED) is 0.726. The maximum Gasteiger partial charge on any atom is 0.0798 e. The third kappa shape index (κ3) is 5.70. The topological polar surface area (TPSA) is 35.5 Å². The molecular weight excluding hydrogens is 211 g/mol. The van der Waals surface area contributed by atoms with Crippen LogP contribution in [0.4, 0.5) is 0 Å². The van der Waals surface area contributed by atoms with Gasteiger partial charge >= 0.3 is 0 Å². The fourth-order valence-corrected chi connectivity index (χ4v) is 1.64. The van der Waals surface area contributed by atoms with Gasteiger partial charge in [0.2, 0.25) is 0 Å². The number of rotatable bonds is 2. The minimum Gasteiger partial charge on any atom is -0.388 e. The number of aliphatic hydroxyl groups is 1. The summed E-state index contributed by atoms with van der Waals surface area (Å²) in [6.45, 7) is 2.68. The largest absolute Gasteiger partial charge is 0.388 e. The molecule has 13 heavy (non-hydrogen) atoms. The van der Waals surface area contributed by atoms with Crippen LogP contribution in [0.25, 0.3) is 0 Å². The summed E-state index contributed by atoms with van der Waals surface area (Å²) < 4.78 is 0. The molecule has 0 unspecified atom stereocenters. The highest BCUT2D eigenvalue weighted by Crippen LogP contribution is 2.17. The molecule has 1 heterocycles. The van der Waals surface area contributed by atoms with E-state index in [0.29, 0.717) is 0 Å². The third-order valence-electron chi connectivity index (χ3n) is 2.14. The zero-order valence-corrected chi connectivity index (χ0v) is 9.88. The summed E-state index contributed by atoms with van der Waals surface area (Å²) in [4.78, 5) is 2.05. The van der Waals surface area contributed by atoms with Crippen molar-refractivity contribution in [2.24, 2.45) is 0 Å². The van der Waals surface area contributed by atoms with Gasteiger partial charge in [0.25, 0.3) is 0 Å². The Bertz CT molecular complexity index is 127. The number of halogens is 2. The lowest BCUT2D eigenvalue weighted by Crippen LogP contribution is -2.48. The molecule has 1 aliphatic rings. The van der Waals surface area contributed by atoms with Gasteiger partial charge in [-0.05, 0) is 40.0 Å². The Morgan fingerprint density at radius 1 is 1.23 bits per heavy atom. The Morgan fingerprint density at radius 2 is 1.69 bits per heavy atom. The standard InChI is InChI=1S/C8H18N2O.2ClH/c1-10(2)7-8(11)3-5-9-6-4-8;;/h9,11H,3-7H2,1-2H3;2*1H. The summed E-state index contributed by atoms with van der Waals surface area (Å²) in [5.74, 6) is 0. The van der Waals surface area contributed by atoms with Gasteiger partial charge in [0.05, 0.1) is 5.60 Å². The molecule has 0 saturated carbocycles. The first-order chi connectivity index (χ1) is 5.12. The molecule has 82 valence electrons. The fraction of sp³-hybridized carbons (Fsp3) is 1.00. The molecule has 3 nitrogen and oxygen atoms in total. The predicted molar refractivity (Wildman–Crippen MR) is 60.1 cm³/mol. The van der Waals surface area contributed by atoms with E-state index in [1.165, 1.54) is 0 Å². The molecule has 5 heteroatoms. The molecule has 0 aromatic rings. The molecule has 0 spiro atoms. The minimum atomic E-state index is -0.436. The number of hydrogen-bond acceptors (Lipinski definition) is 3. The molecule has 0 amide bonds. The molecule has 1 aliphatic heterocycles. The van der Waals surface area contributed by atoms with E-state index in [0.717, 1.165) is 32.5 Å². The highest BCUT2D eigenvalue weighted by molar-refractivity contribution is 5.85. The number of hydrogen-bond donors (Lipinski definition) is 2. The van der Waals surface area contributed by atoms with Crippen molar-refractivity contribution in [2.45, 2.75) is 18.4 Å².